The standard InChI is InChI=1S/C21H27N3O2/c1-16-14-18(17-6-3-2-4-7-17)23-20(22-16)15-24-11-9-21(10-12-24)19(25)8-5-13-26-21/h2-4,6-7,14,19,25H,5,8-13,15H2,1H3/t19-/m1/s1. The summed E-state index contributed by atoms with van der Waals surface area (Å²) in [5.74, 6) is 0.866. The fraction of sp³-hybridized carbons (Fsp3) is 0.524. The Morgan fingerprint density at radius 2 is 1.96 bits per heavy atom. The quantitative estimate of drug-likeness (QED) is 0.919. The van der Waals surface area contributed by atoms with Gasteiger partial charge in [0.15, 0.2) is 0 Å². The zero-order valence-corrected chi connectivity index (χ0v) is 15.4. The molecule has 2 aromatic rings. The van der Waals surface area contributed by atoms with Gasteiger partial charge >= 0.3 is 0 Å². The van der Waals surface area contributed by atoms with Gasteiger partial charge in [-0.25, -0.2) is 9.97 Å². The van der Waals surface area contributed by atoms with E-state index in [1.54, 1.807) is 0 Å². The van der Waals surface area contributed by atoms with E-state index >= 15 is 0 Å². The fourth-order valence-corrected chi connectivity index (χ4v) is 4.14. The minimum Gasteiger partial charge on any atom is -0.390 e. The van der Waals surface area contributed by atoms with E-state index in [4.69, 9.17) is 9.72 Å². The number of aromatic nitrogens is 2. The first-order valence-corrected chi connectivity index (χ1v) is 9.59. The average molecular weight is 353 g/mol. The zero-order valence-electron chi connectivity index (χ0n) is 15.4. The van der Waals surface area contributed by atoms with E-state index < -0.39 is 0 Å². The number of aliphatic hydroxyl groups excluding tert-OH is 1. The van der Waals surface area contributed by atoms with E-state index in [9.17, 15) is 5.11 Å². The van der Waals surface area contributed by atoms with Crippen molar-refractivity contribution in [2.75, 3.05) is 19.7 Å². The summed E-state index contributed by atoms with van der Waals surface area (Å²) in [6.07, 6.45) is 3.27. The molecule has 2 aliphatic rings. The highest BCUT2D eigenvalue weighted by Crippen LogP contribution is 2.35. The predicted molar refractivity (Wildman–Crippen MR) is 101 cm³/mol. The van der Waals surface area contributed by atoms with E-state index in [0.29, 0.717) is 0 Å². The lowest BCUT2D eigenvalue weighted by Gasteiger charge is -2.46. The molecule has 5 heteroatoms. The number of likely N-dealkylation sites (tertiary alicyclic amines) is 1. The number of piperidine rings is 1. The molecule has 1 aromatic heterocycles. The molecule has 0 radical (unpaired) electrons. The van der Waals surface area contributed by atoms with E-state index in [0.717, 1.165) is 74.7 Å². The molecule has 0 aliphatic carbocycles. The Morgan fingerprint density at radius 3 is 2.69 bits per heavy atom. The molecule has 2 saturated heterocycles. The first-order valence-electron chi connectivity index (χ1n) is 9.59. The Kier molecular flexibility index (Phi) is 5.02. The number of nitrogens with zero attached hydrogens (tertiary/aromatic N) is 3. The van der Waals surface area contributed by atoms with Crippen molar-refractivity contribution in [1.82, 2.24) is 14.9 Å². The van der Waals surface area contributed by atoms with Crippen LogP contribution in [0.5, 0.6) is 0 Å². The molecule has 26 heavy (non-hydrogen) atoms. The maximum Gasteiger partial charge on any atom is 0.143 e. The highest BCUT2D eigenvalue weighted by atomic mass is 16.5. The molecule has 4 rings (SSSR count). The van der Waals surface area contributed by atoms with Crippen molar-refractivity contribution < 1.29 is 9.84 Å². The third-order valence-corrected chi connectivity index (χ3v) is 5.66. The van der Waals surface area contributed by atoms with E-state index in [1.165, 1.54) is 0 Å². The van der Waals surface area contributed by atoms with Gasteiger partial charge in [0.05, 0.1) is 23.9 Å². The lowest BCUT2D eigenvalue weighted by molar-refractivity contribution is -0.177. The topological polar surface area (TPSA) is 58.5 Å². The van der Waals surface area contributed by atoms with Gasteiger partial charge in [0, 0.05) is 31.0 Å². The van der Waals surface area contributed by atoms with Crippen molar-refractivity contribution >= 4 is 0 Å². The second kappa shape index (κ2) is 7.43. The maximum absolute atomic E-state index is 10.4. The summed E-state index contributed by atoms with van der Waals surface area (Å²) in [5.41, 5.74) is 2.77. The molecule has 1 spiro atoms. The van der Waals surface area contributed by atoms with Crippen molar-refractivity contribution in [3.05, 3.63) is 47.9 Å². The number of hydrogen-bond donors (Lipinski definition) is 1. The molecule has 3 heterocycles. The number of ether oxygens (including phenoxy) is 1. The minimum atomic E-state index is -0.322. The Balaban J connectivity index is 1.44. The van der Waals surface area contributed by atoms with Crippen molar-refractivity contribution in [3.8, 4) is 11.3 Å². The highest BCUT2D eigenvalue weighted by Gasteiger charge is 2.43. The number of hydrogen-bond acceptors (Lipinski definition) is 5. The molecule has 5 nitrogen and oxygen atoms in total. The lowest BCUT2D eigenvalue weighted by Crippen LogP contribution is -2.55. The van der Waals surface area contributed by atoms with Crippen LogP contribution in [0.2, 0.25) is 0 Å². The molecule has 0 bridgehead atoms. The summed E-state index contributed by atoms with van der Waals surface area (Å²) >= 11 is 0. The van der Waals surface area contributed by atoms with Crippen LogP contribution >= 0.6 is 0 Å². The molecule has 1 aromatic carbocycles. The number of aryl methyl sites for hydroxylation is 1. The summed E-state index contributed by atoms with van der Waals surface area (Å²) in [6.45, 7) is 5.37. The van der Waals surface area contributed by atoms with E-state index in [1.807, 2.05) is 31.2 Å². The molecule has 1 N–H and O–H groups in total. The molecular weight excluding hydrogens is 326 g/mol. The summed E-state index contributed by atoms with van der Waals surface area (Å²) in [5, 5.41) is 10.4. The molecular formula is C21H27N3O2. The molecule has 138 valence electrons. The molecule has 0 saturated carbocycles. The van der Waals surface area contributed by atoms with Crippen LogP contribution < -0.4 is 0 Å². The zero-order chi connectivity index (χ0) is 18.0. The van der Waals surface area contributed by atoms with Gasteiger partial charge in [0.2, 0.25) is 0 Å². The minimum absolute atomic E-state index is 0.321. The Hall–Kier alpha value is -1.82. The smallest absolute Gasteiger partial charge is 0.143 e. The van der Waals surface area contributed by atoms with Crippen LogP contribution in [0.3, 0.4) is 0 Å². The summed E-state index contributed by atoms with van der Waals surface area (Å²) in [4.78, 5) is 11.8. The number of benzene rings is 1. The second-order valence-electron chi connectivity index (χ2n) is 7.52. The van der Waals surface area contributed by atoms with Gasteiger partial charge in [-0.2, -0.15) is 0 Å². The van der Waals surface area contributed by atoms with Crippen molar-refractivity contribution in [2.24, 2.45) is 0 Å². The molecule has 0 amide bonds. The predicted octanol–water partition coefficient (Wildman–Crippen LogP) is 2.96. The fourth-order valence-electron chi connectivity index (χ4n) is 4.14. The van der Waals surface area contributed by atoms with Gasteiger partial charge in [0.25, 0.3) is 0 Å². The van der Waals surface area contributed by atoms with Crippen LogP contribution in [0.4, 0.5) is 0 Å². The average Bonchev–Trinajstić information content (AvgIpc) is 2.66. The van der Waals surface area contributed by atoms with Gasteiger partial charge in [-0.3, -0.25) is 4.90 Å². The lowest BCUT2D eigenvalue weighted by atomic mass is 9.82. The van der Waals surface area contributed by atoms with Gasteiger partial charge in [-0.15, -0.1) is 0 Å². The second-order valence-corrected chi connectivity index (χ2v) is 7.52. The highest BCUT2D eigenvalue weighted by molar-refractivity contribution is 5.58. The number of rotatable bonds is 3. The molecule has 2 aliphatic heterocycles. The SMILES string of the molecule is Cc1cc(-c2ccccc2)nc(CN2CCC3(CC2)OCCC[C@H]3O)n1. The van der Waals surface area contributed by atoms with Crippen LogP contribution in [-0.4, -0.2) is 51.4 Å². The van der Waals surface area contributed by atoms with E-state index in [2.05, 4.69) is 22.0 Å². The third kappa shape index (κ3) is 3.65. The Morgan fingerprint density at radius 1 is 1.19 bits per heavy atom. The van der Waals surface area contributed by atoms with Crippen molar-refractivity contribution in [3.63, 3.8) is 0 Å². The monoisotopic (exact) mass is 353 g/mol. The molecule has 1 atom stereocenters. The normalized spacial score (nSPS) is 23.2. The third-order valence-electron chi connectivity index (χ3n) is 5.66. The van der Waals surface area contributed by atoms with Crippen LogP contribution in [0.1, 0.15) is 37.2 Å². The number of aliphatic hydroxyl groups is 1. The molecule has 0 unspecified atom stereocenters. The van der Waals surface area contributed by atoms with Crippen LogP contribution in [0.15, 0.2) is 36.4 Å². The van der Waals surface area contributed by atoms with Crippen LogP contribution in [0.25, 0.3) is 11.3 Å². The largest absolute Gasteiger partial charge is 0.390 e. The van der Waals surface area contributed by atoms with Crippen molar-refractivity contribution in [2.45, 2.75) is 50.9 Å². The van der Waals surface area contributed by atoms with Crippen LogP contribution in [-0.2, 0) is 11.3 Å². The summed E-state index contributed by atoms with van der Waals surface area (Å²) < 4.78 is 6.01. The summed E-state index contributed by atoms with van der Waals surface area (Å²) in [7, 11) is 0. The Bertz CT molecular complexity index is 742. The maximum atomic E-state index is 10.4. The van der Waals surface area contributed by atoms with E-state index in [-0.39, 0.29) is 11.7 Å². The van der Waals surface area contributed by atoms with Gasteiger partial charge < -0.3 is 9.84 Å². The van der Waals surface area contributed by atoms with Crippen molar-refractivity contribution in [1.29, 1.82) is 0 Å². The first-order chi connectivity index (χ1) is 12.6. The molecule has 2 fully saturated rings. The van der Waals surface area contributed by atoms with Gasteiger partial charge in [0.1, 0.15) is 5.82 Å². The van der Waals surface area contributed by atoms with Gasteiger partial charge in [-0.1, -0.05) is 30.3 Å². The first kappa shape index (κ1) is 17.6. The van der Waals surface area contributed by atoms with Gasteiger partial charge in [-0.05, 0) is 38.7 Å². The Labute approximate surface area is 155 Å². The van der Waals surface area contributed by atoms with Crippen LogP contribution in [0, 0.1) is 6.92 Å². The summed E-state index contributed by atoms with van der Waals surface area (Å²) in [6, 6.07) is 12.3.